The van der Waals surface area contributed by atoms with E-state index in [0.717, 1.165) is 6.42 Å². The normalized spacial score (nSPS) is 30.2. The maximum atomic E-state index is 11.7. The van der Waals surface area contributed by atoms with Crippen LogP contribution in [0.4, 0.5) is 0 Å². The van der Waals surface area contributed by atoms with Crippen molar-refractivity contribution in [2.75, 3.05) is 19.3 Å². The Morgan fingerprint density at radius 3 is 2.35 bits per heavy atom. The van der Waals surface area contributed by atoms with Gasteiger partial charge in [0.05, 0.1) is 12.2 Å². The van der Waals surface area contributed by atoms with Crippen molar-refractivity contribution in [3.8, 4) is 0 Å². The largest absolute Gasteiger partial charge is 0.481 e. The van der Waals surface area contributed by atoms with Gasteiger partial charge in [-0.1, -0.05) is 32.1 Å². The zero-order valence-electron chi connectivity index (χ0n) is 12.1. The highest BCUT2D eigenvalue weighted by molar-refractivity contribution is 7.88. The minimum Gasteiger partial charge on any atom is -0.481 e. The molecule has 0 aromatic heterocycles. The van der Waals surface area contributed by atoms with Crippen molar-refractivity contribution >= 4 is 16.0 Å². The van der Waals surface area contributed by atoms with Gasteiger partial charge in [-0.05, 0) is 24.7 Å². The van der Waals surface area contributed by atoms with Gasteiger partial charge in [-0.25, -0.2) is 12.7 Å². The molecule has 2 fully saturated rings. The van der Waals surface area contributed by atoms with Gasteiger partial charge < -0.3 is 5.11 Å². The molecule has 1 aliphatic heterocycles. The monoisotopic (exact) mass is 303 g/mol. The van der Waals surface area contributed by atoms with Crippen LogP contribution in [-0.4, -0.2) is 43.1 Å². The van der Waals surface area contributed by atoms with E-state index in [-0.39, 0.29) is 12.5 Å². The van der Waals surface area contributed by atoms with E-state index < -0.39 is 21.9 Å². The fourth-order valence-corrected chi connectivity index (χ4v) is 4.61. The molecule has 1 aliphatic carbocycles. The highest BCUT2D eigenvalue weighted by atomic mass is 32.2. The van der Waals surface area contributed by atoms with E-state index in [1.165, 1.54) is 42.7 Å². The highest BCUT2D eigenvalue weighted by Gasteiger charge is 2.36. The molecule has 1 N–H and O–H groups in total. The van der Waals surface area contributed by atoms with Crippen LogP contribution in [0, 0.1) is 17.8 Å². The Morgan fingerprint density at radius 1 is 1.15 bits per heavy atom. The minimum atomic E-state index is -3.30. The van der Waals surface area contributed by atoms with Gasteiger partial charge in [0.25, 0.3) is 0 Å². The smallest absolute Gasteiger partial charge is 0.307 e. The van der Waals surface area contributed by atoms with Crippen LogP contribution in [0.15, 0.2) is 0 Å². The third kappa shape index (κ3) is 4.19. The molecule has 0 aromatic carbocycles. The van der Waals surface area contributed by atoms with E-state index in [4.69, 9.17) is 0 Å². The second kappa shape index (κ2) is 6.43. The zero-order valence-corrected chi connectivity index (χ0v) is 12.9. The lowest BCUT2D eigenvalue weighted by atomic mass is 9.79. The second-order valence-corrected chi connectivity index (χ2v) is 8.44. The van der Waals surface area contributed by atoms with Crippen molar-refractivity contribution in [1.29, 1.82) is 0 Å². The van der Waals surface area contributed by atoms with Crippen molar-refractivity contribution in [3.05, 3.63) is 0 Å². The maximum Gasteiger partial charge on any atom is 0.307 e. The maximum absolute atomic E-state index is 11.7. The summed E-state index contributed by atoms with van der Waals surface area (Å²) in [6.07, 6.45) is 9.03. The fourth-order valence-electron chi connectivity index (χ4n) is 3.67. The van der Waals surface area contributed by atoms with Crippen molar-refractivity contribution in [2.24, 2.45) is 17.8 Å². The molecule has 2 atom stereocenters. The number of carboxylic acids is 1. The van der Waals surface area contributed by atoms with E-state index in [2.05, 4.69) is 0 Å². The summed E-state index contributed by atoms with van der Waals surface area (Å²) in [7, 11) is -3.30. The minimum absolute atomic E-state index is 0.134. The van der Waals surface area contributed by atoms with Gasteiger partial charge in [0.1, 0.15) is 0 Å². The molecule has 1 heterocycles. The quantitative estimate of drug-likeness (QED) is 0.861. The molecular formula is C14H25NO4S. The van der Waals surface area contributed by atoms with Crippen LogP contribution < -0.4 is 0 Å². The first-order chi connectivity index (χ1) is 9.36. The summed E-state index contributed by atoms with van der Waals surface area (Å²) in [6, 6.07) is 0. The van der Waals surface area contributed by atoms with Gasteiger partial charge in [0, 0.05) is 13.1 Å². The SMILES string of the molecule is CS(=O)(=O)N1C[C@@H](CC2CCCCC2)C[C@@H](C(=O)O)C1. The molecule has 0 amide bonds. The molecule has 1 saturated carbocycles. The van der Waals surface area contributed by atoms with E-state index in [9.17, 15) is 18.3 Å². The average Bonchev–Trinajstić information content (AvgIpc) is 2.38. The Hall–Kier alpha value is -0.620. The number of carbonyl (C=O) groups is 1. The van der Waals surface area contributed by atoms with Crippen LogP contribution in [0.5, 0.6) is 0 Å². The molecule has 0 radical (unpaired) electrons. The topological polar surface area (TPSA) is 74.7 Å². The van der Waals surface area contributed by atoms with Crippen molar-refractivity contribution < 1.29 is 18.3 Å². The lowest BCUT2D eigenvalue weighted by Gasteiger charge is -2.36. The van der Waals surface area contributed by atoms with E-state index in [0.29, 0.717) is 18.9 Å². The number of nitrogens with zero attached hydrogens (tertiary/aromatic N) is 1. The van der Waals surface area contributed by atoms with Gasteiger partial charge >= 0.3 is 5.97 Å². The number of rotatable bonds is 4. The van der Waals surface area contributed by atoms with E-state index in [1.54, 1.807) is 0 Å². The van der Waals surface area contributed by atoms with Gasteiger partial charge in [-0.3, -0.25) is 4.79 Å². The predicted octanol–water partition coefficient (Wildman–Crippen LogP) is 1.94. The third-order valence-electron chi connectivity index (χ3n) is 4.71. The Balaban J connectivity index is 2.01. The molecule has 2 rings (SSSR count). The van der Waals surface area contributed by atoms with Crippen molar-refractivity contribution in [1.82, 2.24) is 4.31 Å². The number of sulfonamides is 1. The van der Waals surface area contributed by atoms with Crippen molar-refractivity contribution in [2.45, 2.75) is 44.9 Å². The van der Waals surface area contributed by atoms with Gasteiger partial charge in [-0.2, -0.15) is 0 Å². The molecule has 0 aromatic rings. The molecular weight excluding hydrogens is 278 g/mol. The Kier molecular flexibility index (Phi) is 5.07. The lowest BCUT2D eigenvalue weighted by Crippen LogP contribution is -2.46. The standard InChI is InChI=1S/C14H25NO4S/c1-20(18,19)15-9-12(8-13(10-15)14(16)17)7-11-5-3-2-4-6-11/h11-13H,2-10H2,1H3,(H,16,17)/t12-,13+/m0/s1. The van der Waals surface area contributed by atoms with Crippen LogP contribution in [0.2, 0.25) is 0 Å². The van der Waals surface area contributed by atoms with Crippen molar-refractivity contribution in [3.63, 3.8) is 0 Å². The number of hydrogen-bond acceptors (Lipinski definition) is 3. The van der Waals surface area contributed by atoms with Crippen LogP contribution in [-0.2, 0) is 14.8 Å². The molecule has 116 valence electrons. The van der Waals surface area contributed by atoms with Gasteiger partial charge in [-0.15, -0.1) is 0 Å². The summed E-state index contributed by atoms with van der Waals surface area (Å²) in [6.45, 7) is 0.633. The summed E-state index contributed by atoms with van der Waals surface area (Å²) in [5.41, 5.74) is 0. The number of hydrogen-bond donors (Lipinski definition) is 1. The third-order valence-corrected chi connectivity index (χ3v) is 5.95. The Labute approximate surface area is 121 Å². The second-order valence-electron chi connectivity index (χ2n) is 6.46. The first-order valence-corrected chi connectivity index (χ1v) is 9.39. The van der Waals surface area contributed by atoms with Crippen LogP contribution in [0.25, 0.3) is 0 Å². The molecule has 6 heteroatoms. The van der Waals surface area contributed by atoms with Crippen LogP contribution >= 0.6 is 0 Å². The first kappa shape index (κ1) is 15.8. The Morgan fingerprint density at radius 2 is 1.80 bits per heavy atom. The first-order valence-electron chi connectivity index (χ1n) is 7.54. The number of piperidine rings is 1. The highest BCUT2D eigenvalue weighted by Crippen LogP contribution is 2.34. The molecule has 1 saturated heterocycles. The lowest BCUT2D eigenvalue weighted by molar-refractivity contribution is -0.143. The molecule has 20 heavy (non-hydrogen) atoms. The Bertz CT molecular complexity index is 442. The van der Waals surface area contributed by atoms with Crippen LogP contribution in [0.3, 0.4) is 0 Å². The van der Waals surface area contributed by atoms with Gasteiger partial charge in [0.2, 0.25) is 10.0 Å². The number of aliphatic carboxylic acids is 1. The zero-order chi connectivity index (χ0) is 14.8. The summed E-state index contributed by atoms with van der Waals surface area (Å²) in [4.78, 5) is 11.2. The number of carboxylic acid groups (broad SMARTS) is 1. The summed E-state index contributed by atoms with van der Waals surface area (Å²) < 4.78 is 24.8. The molecule has 0 unspecified atom stereocenters. The molecule has 2 aliphatic rings. The predicted molar refractivity (Wildman–Crippen MR) is 76.8 cm³/mol. The summed E-state index contributed by atoms with van der Waals surface area (Å²) in [5.74, 6) is -0.565. The van der Waals surface area contributed by atoms with Gasteiger partial charge in [0.15, 0.2) is 0 Å². The average molecular weight is 303 g/mol. The summed E-state index contributed by atoms with van der Waals surface area (Å²) >= 11 is 0. The fraction of sp³-hybridized carbons (Fsp3) is 0.929. The van der Waals surface area contributed by atoms with E-state index in [1.807, 2.05) is 0 Å². The van der Waals surface area contributed by atoms with Crippen LogP contribution in [0.1, 0.15) is 44.9 Å². The molecule has 5 nitrogen and oxygen atoms in total. The summed E-state index contributed by atoms with van der Waals surface area (Å²) in [5, 5.41) is 9.22. The van der Waals surface area contributed by atoms with E-state index >= 15 is 0 Å². The molecule has 0 spiro atoms. The molecule has 0 bridgehead atoms.